The van der Waals surface area contributed by atoms with Gasteiger partial charge in [-0.15, -0.1) is 0 Å². The van der Waals surface area contributed by atoms with E-state index in [1.807, 2.05) is 18.7 Å². The van der Waals surface area contributed by atoms with Crippen LogP contribution in [-0.2, 0) is 7.05 Å². The van der Waals surface area contributed by atoms with E-state index in [9.17, 15) is 5.26 Å². The van der Waals surface area contributed by atoms with Crippen molar-refractivity contribution in [2.24, 2.45) is 7.05 Å². The van der Waals surface area contributed by atoms with Crippen LogP contribution in [0.25, 0.3) is 0 Å². The molecule has 0 amide bonds. The van der Waals surface area contributed by atoms with E-state index < -0.39 is 0 Å². The van der Waals surface area contributed by atoms with Crippen molar-refractivity contribution in [2.75, 3.05) is 11.9 Å². The highest BCUT2D eigenvalue weighted by atomic mass is 15.4. The maximum Gasteiger partial charge on any atom is 0.144 e. The number of nitrogens with one attached hydrogen (secondary N) is 1. The number of piperidine rings is 1. The first kappa shape index (κ1) is 12.5. The molecule has 2 fully saturated rings. The van der Waals surface area contributed by atoms with Crippen LogP contribution in [0.1, 0.15) is 36.9 Å². The van der Waals surface area contributed by atoms with Gasteiger partial charge in [-0.05, 0) is 32.6 Å². The van der Waals surface area contributed by atoms with Crippen LogP contribution in [0.2, 0.25) is 0 Å². The third-order valence-corrected chi connectivity index (χ3v) is 4.63. The molecule has 2 aliphatic heterocycles. The molecule has 5 nitrogen and oxygen atoms in total. The van der Waals surface area contributed by atoms with Gasteiger partial charge in [0.15, 0.2) is 0 Å². The van der Waals surface area contributed by atoms with Gasteiger partial charge in [-0.2, -0.15) is 10.4 Å². The predicted molar refractivity (Wildman–Crippen MR) is 74.0 cm³/mol. The Labute approximate surface area is 114 Å². The Morgan fingerprint density at radius 3 is 2.58 bits per heavy atom. The molecule has 102 valence electrons. The maximum atomic E-state index is 9.33. The summed E-state index contributed by atoms with van der Waals surface area (Å²) in [4.78, 5) is 2.27. The summed E-state index contributed by atoms with van der Waals surface area (Å²) < 4.78 is 1.85. The number of anilines is 1. The Hall–Kier alpha value is -1.54. The Morgan fingerprint density at radius 2 is 2.00 bits per heavy atom. The fraction of sp³-hybridized carbons (Fsp3) is 0.714. The topological polar surface area (TPSA) is 56.9 Å². The summed E-state index contributed by atoms with van der Waals surface area (Å²) in [6.45, 7) is 1.90. The van der Waals surface area contributed by atoms with Crippen molar-refractivity contribution >= 4 is 5.82 Å². The van der Waals surface area contributed by atoms with E-state index in [1.165, 1.54) is 25.7 Å². The number of rotatable bonds is 2. The molecular weight excluding hydrogens is 238 g/mol. The molecule has 19 heavy (non-hydrogen) atoms. The standard InChI is InChI=1S/C14H21N5/c1-9-13(8-15)14(19(3)17-9)18(2)12-6-10-4-5-11(7-12)16-10/h10-12,16H,4-7H2,1-3H3. The first-order chi connectivity index (χ1) is 9.10. The van der Waals surface area contributed by atoms with Gasteiger partial charge in [0.05, 0.1) is 5.69 Å². The smallest absolute Gasteiger partial charge is 0.144 e. The van der Waals surface area contributed by atoms with Gasteiger partial charge < -0.3 is 10.2 Å². The lowest BCUT2D eigenvalue weighted by Gasteiger charge is -2.36. The zero-order valence-electron chi connectivity index (χ0n) is 11.8. The summed E-state index contributed by atoms with van der Waals surface area (Å²) in [5.41, 5.74) is 1.54. The highest BCUT2D eigenvalue weighted by molar-refractivity contribution is 5.57. The molecule has 2 unspecified atom stereocenters. The molecule has 2 aliphatic rings. The second-order valence-corrected chi connectivity index (χ2v) is 5.89. The van der Waals surface area contributed by atoms with Crippen molar-refractivity contribution in [1.82, 2.24) is 15.1 Å². The van der Waals surface area contributed by atoms with Crippen molar-refractivity contribution in [3.05, 3.63) is 11.3 Å². The molecule has 3 heterocycles. The number of hydrogen-bond acceptors (Lipinski definition) is 4. The van der Waals surface area contributed by atoms with E-state index in [0.717, 1.165) is 17.1 Å². The lowest BCUT2D eigenvalue weighted by Crippen LogP contribution is -2.47. The highest BCUT2D eigenvalue weighted by Gasteiger charge is 2.36. The number of fused-ring (bicyclic) bond motifs is 2. The molecule has 0 saturated carbocycles. The summed E-state index contributed by atoms with van der Waals surface area (Å²) in [6.07, 6.45) is 4.93. The van der Waals surface area contributed by atoms with Crippen LogP contribution >= 0.6 is 0 Å². The molecule has 1 aromatic heterocycles. The summed E-state index contributed by atoms with van der Waals surface area (Å²) in [7, 11) is 4.03. The number of hydrogen-bond donors (Lipinski definition) is 1. The molecule has 0 radical (unpaired) electrons. The average Bonchev–Trinajstić information content (AvgIpc) is 2.87. The van der Waals surface area contributed by atoms with Gasteiger partial charge in [0.25, 0.3) is 0 Å². The molecule has 2 bridgehead atoms. The quantitative estimate of drug-likeness (QED) is 0.870. The molecule has 0 aromatic carbocycles. The number of nitriles is 1. The summed E-state index contributed by atoms with van der Waals surface area (Å²) in [6, 6.07) is 4.13. The zero-order valence-corrected chi connectivity index (χ0v) is 11.8. The van der Waals surface area contributed by atoms with Gasteiger partial charge in [0.1, 0.15) is 17.5 Å². The predicted octanol–water partition coefficient (Wildman–Crippen LogP) is 1.32. The average molecular weight is 259 g/mol. The van der Waals surface area contributed by atoms with Crippen LogP contribution in [-0.4, -0.2) is 35.0 Å². The van der Waals surface area contributed by atoms with Gasteiger partial charge >= 0.3 is 0 Å². The van der Waals surface area contributed by atoms with Gasteiger partial charge in [-0.25, -0.2) is 0 Å². The molecule has 2 saturated heterocycles. The van der Waals surface area contributed by atoms with Gasteiger partial charge in [0, 0.05) is 32.2 Å². The van der Waals surface area contributed by atoms with Gasteiger partial charge in [-0.1, -0.05) is 0 Å². The molecule has 3 rings (SSSR count). The first-order valence-electron chi connectivity index (χ1n) is 7.02. The highest BCUT2D eigenvalue weighted by Crippen LogP contribution is 2.32. The van der Waals surface area contributed by atoms with E-state index >= 15 is 0 Å². The minimum Gasteiger partial charge on any atom is -0.356 e. The third kappa shape index (κ3) is 2.00. The fourth-order valence-corrected chi connectivity index (χ4v) is 3.70. The normalized spacial score (nSPS) is 29.3. The largest absolute Gasteiger partial charge is 0.356 e. The molecular formula is C14H21N5. The van der Waals surface area contributed by atoms with Crippen LogP contribution in [0.3, 0.4) is 0 Å². The minimum absolute atomic E-state index is 0.514. The van der Waals surface area contributed by atoms with Crippen LogP contribution < -0.4 is 10.2 Å². The SMILES string of the molecule is Cc1nn(C)c(N(C)C2CC3CCC(C2)N3)c1C#N. The third-order valence-electron chi connectivity index (χ3n) is 4.63. The molecule has 2 atom stereocenters. The Balaban J connectivity index is 1.88. The number of aryl methyl sites for hydroxylation is 2. The monoisotopic (exact) mass is 259 g/mol. The second kappa shape index (κ2) is 4.53. The van der Waals surface area contributed by atoms with Gasteiger partial charge in [0.2, 0.25) is 0 Å². The number of nitrogens with zero attached hydrogens (tertiary/aromatic N) is 4. The molecule has 1 N–H and O–H groups in total. The van der Waals surface area contributed by atoms with E-state index in [1.54, 1.807) is 0 Å². The van der Waals surface area contributed by atoms with E-state index in [-0.39, 0.29) is 0 Å². The van der Waals surface area contributed by atoms with Crippen molar-refractivity contribution in [3.8, 4) is 6.07 Å². The maximum absolute atomic E-state index is 9.33. The van der Waals surface area contributed by atoms with Crippen LogP contribution in [0.15, 0.2) is 0 Å². The number of aromatic nitrogens is 2. The Bertz CT molecular complexity index is 515. The summed E-state index contributed by atoms with van der Waals surface area (Å²) in [5, 5.41) is 17.4. The Kier molecular flexibility index (Phi) is 2.98. The van der Waals surface area contributed by atoms with E-state index in [0.29, 0.717) is 18.1 Å². The van der Waals surface area contributed by atoms with Crippen molar-refractivity contribution < 1.29 is 0 Å². The first-order valence-corrected chi connectivity index (χ1v) is 7.02. The van der Waals surface area contributed by atoms with E-state index in [4.69, 9.17) is 0 Å². The van der Waals surface area contributed by atoms with Crippen LogP contribution in [0.4, 0.5) is 5.82 Å². The molecule has 0 aliphatic carbocycles. The van der Waals surface area contributed by atoms with Crippen molar-refractivity contribution in [1.29, 1.82) is 5.26 Å². The lowest BCUT2D eigenvalue weighted by molar-refractivity contribution is 0.352. The van der Waals surface area contributed by atoms with Crippen LogP contribution in [0.5, 0.6) is 0 Å². The fourth-order valence-electron chi connectivity index (χ4n) is 3.70. The minimum atomic E-state index is 0.514. The lowest BCUT2D eigenvalue weighted by atomic mass is 9.98. The second-order valence-electron chi connectivity index (χ2n) is 5.89. The molecule has 5 heteroatoms. The zero-order chi connectivity index (χ0) is 13.6. The Morgan fingerprint density at radius 1 is 1.37 bits per heavy atom. The van der Waals surface area contributed by atoms with Crippen molar-refractivity contribution in [3.63, 3.8) is 0 Å². The molecule has 0 spiro atoms. The van der Waals surface area contributed by atoms with Crippen LogP contribution in [0, 0.1) is 18.3 Å². The van der Waals surface area contributed by atoms with E-state index in [2.05, 4.69) is 28.4 Å². The summed E-state index contributed by atoms with van der Waals surface area (Å²) in [5.74, 6) is 0.964. The van der Waals surface area contributed by atoms with Gasteiger partial charge in [-0.3, -0.25) is 4.68 Å². The summed E-state index contributed by atoms with van der Waals surface area (Å²) >= 11 is 0. The van der Waals surface area contributed by atoms with Crippen molar-refractivity contribution in [2.45, 2.75) is 50.7 Å². The molecule has 1 aromatic rings.